The molecular weight excluding hydrogens is 204 g/mol. The minimum Gasteiger partial charge on any atom is -0.481 e. The smallest absolute Gasteiger partial charge is 0.305 e. The average molecular weight is 215 g/mol. The van der Waals surface area contributed by atoms with Crippen LogP contribution in [0, 0.1) is 5.82 Å². The molecule has 0 saturated heterocycles. The van der Waals surface area contributed by atoms with Gasteiger partial charge < -0.3 is 10.8 Å². The Kier molecular flexibility index (Phi) is 3.36. The first kappa shape index (κ1) is 11.6. The number of rotatable bonds is 4. The van der Waals surface area contributed by atoms with E-state index in [-0.39, 0.29) is 5.56 Å². The van der Waals surface area contributed by atoms with E-state index in [1.807, 2.05) is 0 Å². The summed E-state index contributed by atoms with van der Waals surface area (Å²) in [5.74, 6) is -1.96. The standard InChI is InChI=1S/C10H11F2NO2/c11-6-10(13,5-9(14)15)7-3-1-2-4-8(7)12/h1-4H,5-6,13H2,(H,14,15)/t10-/m1/s1. The molecule has 0 saturated carbocycles. The quantitative estimate of drug-likeness (QED) is 0.798. The number of carboxylic acid groups (broad SMARTS) is 1. The van der Waals surface area contributed by atoms with Crippen molar-refractivity contribution in [2.75, 3.05) is 6.67 Å². The van der Waals surface area contributed by atoms with Crippen molar-refractivity contribution >= 4 is 5.97 Å². The summed E-state index contributed by atoms with van der Waals surface area (Å²) in [7, 11) is 0. The first-order valence-electron chi connectivity index (χ1n) is 4.31. The van der Waals surface area contributed by atoms with Crippen LogP contribution in [0.15, 0.2) is 24.3 Å². The van der Waals surface area contributed by atoms with Gasteiger partial charge in [-0.25, -0.2) is 8.78 Å². The molecule has 0 spiro atoms. The molecular formula is C10H11F2NO2. The van der Waals surface area contributed by atoms with E-state index in [0.29, 0.717) is 0 Å². The molecule has 0 radical (unpaired) electrons. The predicted molar refractivity (Wildman–Crippen MR) is 50.5 cm³/mol. The van der Waals surface area contributed by atoms with Crippen molar-refractivity contribution < 1.29 is 18.7 Å². The van der Waals surface area contributed by atoms with Crippen molar-refractivity contribution in [1.82, 2.24) is 0 Å². The van der Waals surface area contributed by atoms with Gasteiger partial charge in [0, 0.05) is 5.56 Å². The number of hydrogen-bond donors (Lipinski definition) is 2. The van der Waals surface area contributed by atoms with E-state index >= 15 is 0 Å². The largest absolute Gasteiger partial charge is 0.481 e. The van der Waals surface area contributed by atoms with Crippen LogP contribution in [0.25, 0.3) is 0 Å². The third kappa shape index (κ3) is 2.50. The molecule has 0 aliphatic rings. The molecule has 0 fully saturated rings. The summed E-state index contributed by atoms with van der Waals surface area (Å²) in [6, 6.07) is 5.32. The maximum Gasteiger partial charge on any atom is 0.305 e. The van der Waals surface area contributed by atoms with E-state index in [1.165, 1.54) is 18.2 Å². The Bertz CT molecular complexity index is 370. The fourth-order valence-corrected chi connectivity index (χ4v) is 1.35. The topological polar surface area (TPSA) is 63.3 Å². The summed E-state index contributed by atoms with van der Waals surface area (Å²) in [6.07, 6.45) is -0.648. The molecule has 1 atom stereocenters. The van der Waals surface area contributed by atoms with E-state index < -0.39 is 30.4 Å². The molecule has 1 rings (SSSR count). The van der Waals surface area contributed by atoms with Gasteiger partial charge in [-0.3, -0.25) is 4.79 Å². The van der Waals surface area contributed by atoms with E-state index in [0.717, 1.165) is 6.07 Å². The molecule has 1 aromatic rings. The second kappa shape index (κ2) is 4.35. The van der Waals surface area contributed by atoms with Crippen LogP contribution >= 0.6 is 0 Å². The molecule has 0 bridgehead atoms. The number of alkyl halides is 1. The summed E-state index contributed by atoms with van der Waals surface area (Å²) in [6.45, 7) is -1.12. The third-order valence-corrected chi connectivity index (χ3v) is 2.12. The van der Waals surface area contributed by atoms with E-state index in [9.17, 15) is 13.6 Å². The summed E-state index contributed by atoms with van der Waals surface area (Å²) in [5, 5.41) is 8.56. The SMILES string of the molecule is N[C@@](CF)(CC(=O)O)c1ccccc1F. The van der Waals surface area contributed by atoms with Crippen molar-refractivity contribution in [2.45, 2.75) is 12.0 Å². The Labute approximate surface area is 85.5 Å². The van der Waals surface area contributed by atoms with Crippen molar-refractivity contribution in [3.05, 3.63) is 35.6 Å². The molecule has 0 unspecified atom stereocenters. The van der Waals surface area contributed by atoms with E-state index in [2.05, 4.69) is 0 Å². The maximum absolute atomic E-state index is 13.3. The lowest BCUT2D eigenvalue weighted by Gasteiger charge is -2.25. The number of carboxylic acids is 1. The first-order valence-corrected chi connectivity index (χ1v) is 4.31. The number of nitrogens with two attached hydrogens (primary N) is 1. The van der Waals surface area contributed by atoms with Crippen LogP contribution in [0.1, 0.15) is 12.0 Å². The Balaban J connectivity index is 3.11. The van der Waals surface area contributed by atoms with Gasteiger partial charge >= 0.3 is 5.97 Å². The summed E-state index contributed by atoms with van der Waals surface area (Å²) >= 11 is 0. The van der Waals surface area contributed by atoms with Crippen LogP contribution in [0.3, 0.4) is 0 Å². The molecule has 5 heteroatoms. The molecule has 15 heavy (non-hydrogen) atoms. The van der Waals surface area contributed by atoms with Gasteiger partial charge in [-0.05, 0) is 6.07 Å². The summed E-state index contributed by atoms with van der Waals surface area (Å²) in [4.78, 5) is 10.5. The molecule has 0 aliphatic carbocycles. The average Bonchev–Trinajstić information content (AvgIpc) is 2.17. The zero-order valence-electron chi connectivity index (χ0n) is 7.91. The molecule has 1 aromatic carbocycles. The van der Waals surface area contributed by atoms with Crippen LogP contribution in [0.2, 0.25) is 0 Å². The Morgan fingerprint density at radius 3 is 2.53 bits per heavy atom. The van der Waals surface area contributed by atoms with Gasteiger partial charge in [0.15, 0.2) is 0 Å². The summed E-state index contributed by atoms with van der Waals surface area (Å²) in [5.41, 5.74) is 3.61. The monoisotopic (exact) mass is 215 g/mol. The number of aliphatic carboxylic acids is 1. The van der Waals surface area contributed by atoms with Crippen LogP contribution in [0.5, 0.6) is 0 Å². The molecule has 0 aromatic heterocycles. The molecule has 3 nitrogen and oxygen atoms in total. The second-order valence-corrected chi connectivity index (χ2v) is 3.34. The van der Waals surface area contributed by atoms with Gasteiger partial charge in [0.2, 0.25) is 0 Å². The van der Waals surface area contributed by atoms with Crippen LogP contribution < -0.4 is 5.73 Å². The fraction of sp³-hybridized carbons (Fsp3) is 0.300. The lowest BCUT2D eigenvalue weighted by molar-refractivity contribution is -0.138. The van der Waals surface area contributed by atoms with Gasteiger partial charge in [-0.15, -0.1) is 0 Å². The molecule has 82 valence electrons. The van der Waals surface area contributed by atoms with Crippen LogP contribution in [-0.2, 0) is 10.3 Å². The van der Waals surface area contributed by atoms with E-state index in [1.54, 1.807) is 0 Å². The normalized spacial score (nSPS) is 14.6. The molecule has 0 amide bonds. The Morgan fingerprint density at radius 1 is 1.47 bits per heavy atom. The van der Waals surface area contributed by atoms with Gasteiger partial charge in [-0.2, -0.15) is 0 Å². The molecule has 0 aliphatic heterocycles. The highest BCUT2D eigenvalue weighted by Gasteiger charge is 2.32. The Morgan fingerprint density at radius 2 is 2.07 bits per heavy atom. The lowest BCUT2D eigenvalue weighted by Crippen LogP contribution is -2.42. The zero-order chi connectivity index (χ0) is 11.5. The van der Waals surface area contributed by atoms with Crippen molar-refractivity contribution in [2.24, 2.45) is 5.73 Å². The van der Waals surface area contributed by atoms with Crippen LogP contribution in [-0.4, -0.2) is 17.8 Å². The van der Waals surface area contributed by atoms with Gasteiger partial charge in [0.05, 0.1) is 12.0 Å². The first-order chi connectivity index (χ1) is 6.99. The second-order valence-electron chi connectivity index (χ2n) is 3.34. The zero-order valence-corrected chi connectivity index (χ0v) is 7.91. The highest BCUT2D eigenvalue weighted by molar-refractivity contribution is 5.69. The number of halogens is 2. The van der Waals surface area contributed by atoms with Crippen LogP contribution in [0.4, 0.5) is 8.78 Å². The number of carbonyl (C=O) groups is 1. The molecule has 3 N–H and O–H groups in total. The van der Waals surface area contributed by atoms with E-state index in [4.69, 9.17) is 10.8 Å². The van der Waals surface area contributed by atoms with Gasteiger partial charge in [0.25, 0.3) is 0 Å². The lowest BCUT2D eigenvalue weighted by atomic mass is 9.88. The predicted octanol–water partition coefficient (Wildman–Crippen LogP) is 1.42. The Hall–Kier alpha value is -1.49. The van der Waals surface area contributed by atoms with Crippen molar-refractivity contribution in [3.8, 4) is 0 Å². The maximum atomic E-state index is 13.3. The third-order valence-electron chi connectivity index (χ3n) is 2.12. The van der Waals surface area contributed by atoms with Crippen molar-refractivity contribution in [1.29, 1.82) is 0 Å². The van der Waals surface area contributed by atoms with Gasteiger partial charge in [-0.1, -0.05) is 18.2 Å². The van der Waals surface area contributed by atoms with Crippen molar-refractivity contribution in [3.63, 3.8) is 0 Å². The highest BCUT2D eigenvalue weighted by atomic mass is 19.1. The molecule has 0 heterocycles. The fourth-order valence-electron chi connectivity index (χ4n) is 1.35. The number of hydrogen-bond acceptors (Lipinski definition) is 2. The van der Waals surface area contributed by atoms with Gasteiger partial charge in [0.1, 0.15) is 12.5 Å². The number of benzene rings is 1. The highest BCUT2D eigenvalue weighted by Crippen LogP contribution is 2.25. The minimum atomic E-state index is -1.79. The minimum absolute atomic E-state index is 0.116. The summed E-state index contributed by atoms with van der Waals surface area (Å²) < 4.78 is 26.0.